The minimum atomic E-state index is -4.85. The van der Waals surface area contributed by atoms with Crippen molar-refractivity contribution in [2.24, 2.45) is 10.7 Å². The van der Waals surface area contributed by atoms with Gasteiger partial charge < -0.3 is 15.0 Å². The molecule has 0 radical (unpaired) electrons. The van der Waals surface area contributed by atoms with Crippen molar-refractivity contribution in [1.29, 1.82) is 0 Å². The Kier molecular flexibility index (Phi) is 6.74. The number of halogens is 7. The number of nitrogens with zero attached hydrogens (tertiary/aromatic N) is 4. The maximum absolute atomic E-state index is 14.7. The van der Waals surface area contributed by atoms with E-state index in [4.69, 9.17) is 22.1 Å². The first-order valence-electron chi connectivity index (χ1n) is 10.8. The molecular weight excluding hydrogens is 528 g/mol. The van der Waals surface area contributed by atoms with Gasteiger partial charge in [-0.15, -0.1) is 0 Å². The average Bonchev–Trinajstić information content (AvgIpc) is 3.17. The second kappa shape index (κ2) is 9.28. The predicted octanol–water partition coefficient (Wildman–Crippen LogP) is 4.84. The second-order valence-corrected chi connectivity index (χ2v) is 9.31. The van der Waals surface area contributed by atoms with Crippen LogP contribution in [0.25, 0.3) is 11.0 Å². The summed E-state index contributed by atoms with van der Waals surface area (Å²) in [5.41, 5.74) is 1.19. The molecule has 4 rings (SSSR count). The van der Waals surface area contributed by atoms with E-state index in [-0.39, 0.29) is 34.0 Å². The second-order valence-electron chi connectivity index (χ2n) is 8.91. The molecule has 0 aliphatic carbocycles. The number of ketones is 1. The van der Waals surface area contributed by atoms with Crippen LogP contribution in [0.15, 0.2) is 35.5 Å². The number of Topliss-reactive ketones (excluding diaryl/α,β-unsaturated/α-hetero) is 1. The van der Waals surface area contributed by atoms with Gasteiger partial charge in [0.05, 0.1) is 35.6 Å². The first-order valence-corrected chi connectivity index (χ1v) is 11.2. The van der Waals surface area contributed by atoms with E-state index in [1.165, 1.54) is 35.9 Å². The third-order valence-electron chi connectivity index (χ3n) is 6.10. The SMILES string of the molecule is C[C@@]1(c2nc(CC(=O)c3nc4ccn(CC(F)F)c4cc3Cl)ccc2F)CO[C@@](C)(C(F)(F)F)C(N)=N1. The third-order valence-corrected chi connectivity index (χ3v) is 6.39. The third kappa shape index (κ3) is 4.89. The number of ether oxygens (including phenoxy) is 1. The highest BCUT2D eigenvalue weighted by atomic mass is 35.5. The average molecular weight is 548 g/mol. The Labute approximate surface area is 211 Å². The molecule has 0 fully saturated rings. The number of carbonyl (C=O) groups is 1. The van der Waals surface area contributed by atoms with Gasteiger partial charge in [0.1, 0.15) is 28.6 Å². The molecular formula is C23H20ClF6N5O2. The van der Waals surface area contributed by atoms with E-state index < -0.39 is 54.3 Å². The minimum absolute atomic E-state index is 0.0637. The molecule has 1 aliphatic heterocycles. The van der Waals surface area contributed by atoms with Gasteiger partial charge in [0.15, 0.2) is 5.78 Å². The van der Waals surface area contributed by atoms with Crippen molar-refractivity contribution < 1.29 is 35.9 Å². The Morgan fingerprint density at radius 3 is 2.57 bits per heavy atom. The lowest BCUT2D eigenvalue weighted by Gasteiger charge is -2.40. The van der Waals surface area contributed by atoms with Crippen molar-refractivity contribution in [2.75, 3.05) is 6.61 Å². The van der Waals surface area contributed by atoms with Crippen molar-refractivity contribution in [2.45, 2.75) is 50.6 Å². The van der Waals surface area contributed by atoms with E-state index in [0.29, 0.717) is 5.52 Å². The summed E-state index contributed by atoms with van der Waals surface area (Å²) in [6.45, 7) is 0.780. The number of alkyl halides is 5. The minimum Gasteiger partial charge on any atom is -0.385 e. The van der Waals surface area contributed by atoms with Crippen molar-refractivity contribution in [1.82, 2.24) is 14.5 Å². The van der Waals surface area contributed by atoms with Gasteiger partial charge in [-0.05, 0) is 38.1 Å². The highest BCUT2D eigenvalue weighted by molar-refractivity contribution is 6.34. The molecule has 2 N–H and O–H groups in total. The van der Waals surface area contributed by atoms with Crippen molar-refractivity contribution in [3.63, 3.8) is 0 Å². The van der Waals surface area contributed by atoms with Crippen LogP contribution in [-0.4, -0.2) is 51.0 Å². The molecule has 14 heteroatoms. The molecule has 2 atom stereocenters. The van der Waals surface area contributed by atoms with E-state index in [9.17, 15) is 31.1 Å². The molecule has 0 aromatic carbocycles. The summed E-state index contributed by atoms with van der Waals surface area (Å²) in [7, 11) is 0. The number of rotatable bonds is 6. The van der Waals surface area contributed by atoms with Gasteiger partial charge >= 0.3 is 6.18 Å². The fourth-order valence-corrected chi connectivity index (χ4v) is 4.16. The first-order chi connectivity index (χ1) is 17.1. The van der Waals surface area contributed by atoms with Crippen LogP contribution >= 0.6 is 11.6 Å². The number of aliphatic imine (C=N–C) groups is 1. The Morgan fingerprint density at radius 1 is 1.24 bits per heavy atom. The van der Waals surface area contributed by atoms with E-state index in [0.717, 1.165) is 13.0 Å². The van der Waals surface area contributed by atoms with Crippen molar-refractivity contribution in [3.05, 3.63) is 58.4 Å². The lowest BCUT2D eigenvalue weighted by molar-refractivity contribution is -0.249. The normalized spacial score (nSPS) is 22.5. The molecule has 0 spiro atoms. The fourth-order valence-electron chi connectivity index (χ4n) is 3.91. The van der Waals surface area contributed by atoms with Gasteiger partial charge in [0.2, 0.25) is 5.60 Å². The predicted molar refractivity (Wildman–Crippen MR) is 122 cm³/mol. The van der Waals surface area contributed by atoms with E-state index in [1.54, 1.807) is 0 Å². The van der Waals surface area contributed by atoms with Crippen LogP contribution in [0.5, 0.6) is 0 Å². The van der Waals surface area contributed by atoms with Crippen molar-refractivity contribution in [3.8, 4) is 0 Å². The highest BCUT2D eigenvalue weighted by Crippen LogP contribution is 2.41. The smallest absolute Gasteiger partial charge is 0.385 e. The van der Waals surface area contributed by atoms with Crippen LogP contribution in [-0.2, 0) is 23.2 Å². The summed E-state index contributed by atoms with van der Waals surface area (Å²) >= 11 is 6.21. The summed E-state index contributed by atoms with van der Waals surface area (Å²) in [5, 5.41) is -0.0782. The summed E-state index contributed by atoms with van der Waals surface area (Å²) in [4.78, 5) is 25.2. The van der Waals surface area contributed by atoms with Crippen LogP contribution in [0.4, 0.5) is 26.3 Å². The zero-order chi connectivity index (χ0) is 27.3. The van der Waals surface area contributed by atoms with Crippen LogP contribution in [0, 0.1) is 5.82 Å². The number of fused-ring (bicyclic) bond motifs is 1. The summed E-state index contributed by atoms with van der Waals surface area (Å²) in [6, 6.07) is 5.03. The quantitative estimate of drug-likeness (QED) is 0.352. The number of aromatic nitrogens is 3. The Bertz CT molecular complexity index is 1410. The molecule has 198 valence electrons. The van der Waals surface area contributed by atoms with Gasteiger partial charge in [-0.3, -0.25) is 14.8 Å². The maximum atomic E-state index is 14.7. The number of nitrogens with two attached hydrogens (primary N) is 1. The number of hydrogen-bond acceptors (Lipinski definition) is 6. The lowest BCUT2D eigenvalue weighted by atomic mass is 9.93. The maximum Gasteiger partial charge on any atom is 0.424 e. The van der Waals surface area contributed by atoms with E-state index in [2.05, 4.69) is 15.0 Å². The number of carbonyl (C=O) groups excluding carboxylic acids is 1. The van der Waals surface area contributed by atoms with E-state index >= 15 is 0 Å². The first kappa shape index (κ1) is 26.9. The fraction of sp³-hybridized carbons (Fsp3) is 0.391. The van der Waals surface area contributed by atoms with Gasteiger partial charge in [0, 0.05) is 11.9 Å². The largest absolute Gasteiger partial charge is 0.424 e. The molecule has 0 saturated heterocycles. The van der Waals surface area contributed by atoms with Gasteiger partial charge in [0.25, 0.3) is 6.43 Å². The van der Waals surface area contributed by atoms with Gasteiger partial charge in [-0.25, -0.2) is 18.2 Å². The number of hydrogen-bond donors (Lipinski definition) is 1. The molecule has 1 aliphatic rings. The lowest BCUT2D eigenvalue weighted by Crippen LogP contribution is -2.60. The summed E-state index contributed by atoms with van der Waals surface area (Å²) in [5.74, 6) is -2.37. The summed E-state index contributed by atoms with van der Waals surface area (Å²) in [6.07, 6.45) is -6.45. The molecule has 0 bridgehead atoms. The molecule has 3 aromatic rings. The number of amidine groups is 1. The van der Waals surface area contributed by atoms with E-state index in [1.807, 2.05) is 0 Å². The topological polar surface area (TPSA) is 95.4 Å². The molecule has 0 unspecified atom stereocenters. The number of pyridine rings is 2. The van der Waals surface area contributed by atoms with Gasteiger partial charge in [-0.1, -0.05) is 11.6 Å². The standard InChI is InChI=1S/C23H20ClF6N5O2/c1-21(10-37-22(2,20(31)34-21)23(28,29)30)19-13(25)4-3-11(32-19)7-16(36)18-12(24)8-15-14(33-18)5-6-35(15)9-17(26)27/h3-6,8,17H,7,9-10H2,1-2H3,(H2,31,34)/t21-,22+/m0/s1. The van der Waals surface area contributed by atoms with Crippen LogP contribution in [0.3, 0.4) is 0 Å². The zero-order valence-electron chi connectivity index (χ0n) is 19.4. The Balaban J connectivity index is 1.63. The van der Waals surface area contributed by atoms with Crippen LogP contribution in [0.1, 0.15) is 35.7 Å². The Morgan fingerprint density at radius 2 is 1.95 bits per heavy atom. The molecule has 7 nitrogen and oxygen atoms in total. The highest BCUT2D eigenvalue weighted by Gasteiger charge is 2.59. The van der Waals surface area contributed by atoms with Crippen LogP contribution < -0.4 is 5.73 Å². The van der Waals surface area contributed by atoms with Crippen molar-refractivity contribution >= 4 is 34.3 Å². The monoisotopic (exact) mass is 547 g/mol. The van der Waals surface area contributed by atoms with Crippen LogP contribution in [0.2, 0.25) is 5.02 Å². The molecule has 37 heavy (non-hydrogen) atoms. The molecule has 4 heterocycles. The Hall–Kier alpha value is -3.19. The summed E-state index contributed by atoms with van der Waals surface area (Å²) < 4.78 is 86.7. The molecule has 0 saturated carbocycles. The molecule has 0 amide bonds. The molecule has 3 aromatic heterocycles. The zero-order valence-corrected chi connectivity index (χ0v) is 20.2. The van der Waals surface area contributed by atoms with Gasteiger partial charge in [-0.2, -0.15) is 13.2 Å².